The van der Waals surface area contributed by atoms with Crippen LogP contribution in [0.5, 0.6) is 5.75 Å². The van der Waals surface area contributed by atoms with Crippen molar-refractivity contribution in [1.29, 1.82) is 0 Å². The molecule has 1 aromatic carbocycles. The number of methoxy groups -OCH3 is 1. The molecule has 4 heteroatoms. The smallest absolute Gasteiger partial charge is 0.268 e. The van der Waals surface area contributed by atoms with Crippen molar-refractivity contribution in [3.8, 4) is 5.75 Å². The Balaban J connectivity index is 1.55. The summed E-state index contributed by atoms with van der Waals surface area (Å²) in [6.45, 7) is 0. The number of nitrogens with one attached hydrogen (secondary N) is 1. The van der Waals surface area contributed by atoms with Crippen molar-refractivity contribution >= 4 is 5.91 Å². The molecule has 2 aromatic rings. The molecule has 2 aliphatic rings. The van der Waals surface area contributed by atoms with Crippen LogP contribution in [0.3, 0.4) is 0 Å². The highest BCUT2D eigenvalue weighted by molar-refractivity contribution is 5.93. The summed E-state index contributed by atoms with van der Waals surface area (Å²) in [5.41, 5.74) is 3.31. The fourth-order valence-electron chi connectivity index (χ4n) is 3.56. The third kappa shape index (κ3) is 2.74. The summed E-state index contributed by atoms with van der Waals surface area (Å²) in [6, 6.07) is 10.7. The lowest BCUT2D eigenvalue weighted by Gasteiger charge is -2.27. The Labute approximate surface area is 136 Å². The predicted octanol–water partition coefficient (Wildman–Crippen LogP) is 3.64. The highest BCUT2D eigenvalue weighted by atomic mass is 16.5. The minimum atomic E-state index is 0.0376. The van der Waals surface area contributed by atoms with Crippen LogP contribution >= 0.6 is 0 Å². The lowest BCUT2D eigenvalue weighted by molar-refractivity contribution is 0.0923. The normalized spacial score (nSPS) is 20.0. The number of fused-ring (bicyclic) bond motifs is 1. The van der Waals surface area contributed by atoms with E-state index in [1.165, 1.54) is 24.0 Å². The van der Waals surface area contributed by atoms with Crippen LogP contribution in [-0.2, 0) is 6.42 Å². The van der Waals surface area contributed by atoms with Crippen LogP contribution in [0.25, 0.3) is 0 Å². The van der Waals surface area contributed by atoms with Gasteiger partial charge in [0.2, 0.25) is 0 Å². The Morgan fingerprint density at radius 1 is 1.26 bits per heavy atom. The number of ether oxygens (including phenoxy) is 1. The molecule has 1 fully saturated rings. The number of aromatic nitrogens is 1. The highest BCUT2D eigenvalue weighted by Gasteiger charge is 2.28. The Morgan fingerprint density at radius 3 is 2.91 bits per heavy atom. The van der Waals surface area contributed by atoms with Gasteiger partial charge in [0.05, 0.1) is 13.2 Å². The lowest BCUT2D eigenvalue weighted by atomic mass is 9.87. The van der Waals surface area contributed by atoms with Crippen molar-refractivity contribution < 1.29 is 9.53 Å². The number of hydrogen-bond acceptors (Lipinski definition) is 2. The number of nitrogens with zero attached hydrogens (tertiary/aromatic N) is 1. The summed E-state index contributed by atoms with van der Waals surface area (Å²) < 4.78 is 7.43. The van der Waals surface area contributed by atoms with Crippen LogP contribution in [0.2, 0.25) is 0 Å². The van der Waals surface area contributed by atoms with Crippen LogP contribution < -0.4 is 10.1 Å². The van der Waals surface area contributed by atoms with E-state index in [1.807, 2.05) is 24.4 Å². The van der Waals surface area contributed by atoms with Gasteiger partial charge in [-0.2, -0.15) is 0 Å². The molecule has 4 rings (SSSR count). The maximum absolute atomic E-state index is 12.7. The Morgan fingerprint density at radius 2 is 2.13 bits per heavy atom. The predicted molar refractivity (Wildman–Crippen MR) is 88.8 cm³/mol. The van der Waals surface area contributed by atoms with Crippen molar-refractivity contribution in [2.24, 2.45) is 0 Å². The van der Waals surface area contributed by atoms with Gasteiger partial charge in [0.25, 0.3) is 5.91 Å². The first-order valence-corrected chi connectivity index (χ1v) is 8.41. The first-order chi connectivity index (χ1) is 11.3. The molecular formula is C19H22N2O2. The maximum atomic E-state index is 12.7. The SMILES string of the molecule is COc1ccc2c(c1)CCC[C@@H]2NC(=O)c1cccn1C1CC1. The molecule has 1 amide bonds. The van der Waals surface area contributed by atoms with E-state index in [-0.39, 0.29) is 11.9 Å². The van der Waals surface area contributed by atoms with Gasteiger partial charge in [0.1, 0.15) is 11.4 Å². The minimum absolute atomic E-state index is 0.0376. The van der Waals surface area contributed by atoms with Crippen molar-refractivity contribution in [1.82, 2.24) is 9.88 Å². The van der Waals surface area contributed by atoms with Crippen LogP contribution in [-0.4, -0.2) is 17.6 Å². The summed E-state index contributed by atoms with van der Waals surface area (Å²) in [5.74, 6) is 0.925. The molecule has 1 saturated carbocycles. The highest BCUT2D eigenvalue weighted by Crippen LogP contribution is 2.36. The quantitative estimate of drug-likeness (QED) is 0.937. The monoisotopic (exact) mass is 310 g/mol. The number of carbonyl (C=O) groups is 1. The third-order valence-electron chi connectivity index (χ3n) is 4.92. The van der Waals surface area contributed by atoms with Gasteiger partial charge in [-0.25, -0.2) is 0 Å². The molecule has 2 aliphatic carbocycles. The Bertz CT molecular complexity index is 731. The zero-order valence-electron chi connectivity index (χ0n) is 13.4. The van der Waals surface area contributed by atoms with Gasteiger partial charge in [0.15, 0.2) is 0 Å². The summed E-state index contributed by atoms with van der Waals surface area (Å²) in [5, 5.41) is 3.24. The van der Waals surface area contributed by atoms with E-state index in [0.29, 0.717) is 6.04 Å². The molecule has 0 saturated heterocycles. The maximum Gasteiger partial charge on any atom is 0.268 e. The van der Waals surface area contributed by atoms with E-state index < -0.39 is 0 Å². The first kappa shape index (κ1) is 14.4. The number of benzene rings is 1. The second-order valence-corrected chi connectivity index (χ2v) is 6.51. The van der Waals surface area contributed by atoms with Gasteiger partial charge in [-0.05, 0) is 67.5 Å². The first-order valence-electron chi connectivity index (χ1n) is 8.41. The van der Waals surface area contributed by atoms with Gasteiger partial charge in [-0.15, -0.1) is 0 Å². The zero-order chi connectivity index (χ0) is 15.8. The molecule has 0 spiro atoms. The molecule has 4 nitrogen and oxygen atoms in total. The van der Waals surface area contributed by atoms with Crippen LogP contribution in [0.15, 0.2) is 36.5 Å². The van der Waals surface area contributed by atoms with Gasteiger partial charge >= 0.3 is 0 Å². The summed E-state index contributed by atoms with van der Waals surface area (Å²) in [7, 11) is 1.69. The second kappa shape index (κ2) is 5.76. The van der Waals surface area contributed by atoms with E-state index in [9.17, 15) is 4.79 Å². The zero-order valence-corrected chi connectivity index (χ0v) is 13.4. The fourth-order valence-corrected chi connectivity index (χ4v) is 3.56. The van der Waals surface area contributed by atoms with Crippen molar-refractivity contribution in [2.75, 3.05) is 7.11 Å². The molecule has 1 N–H and O–H groups in total. The molecular weight excluding hydrogens is 288 g/mol. The second-order valence-electron chi connectivity index (χ2n) is 6.51. The summed E-state index contributed by atoms with van der Waals surface area (Å²) in [4.78, 5) is 12.7. The van der Waals surface area contributed by atoms with E-state index in [2.05, 4.69) is 22.0 Å². The average Bonchev–Trinajstić information content (AvgIpc) is 3.31. The number of amides is 1. The van der Waals surface area contributed by atoms with Crippen LogP contribution in [0.1, 0.15) is 59.4 Å². The number of aryl methyl sites for hydroxylation is 1. The van der Waals surface area contributed by atoms with E-state index in [4.69, 9.17) is 4.74 Å². The topological polar surface area (TPSA) is 43.3 Å². The number of hydrogen-bond donors (Lipinski definition) is 1. The van der Waals surface area contributed by atoms with Gasteiger partial charge in [-0.1, -0.05) is 6.07 Å². The van der Waals surface area contributed by atoms with E-state index in [0.717, 1.165) is 30.7 Å². The lowest BCUT2D eigenvalue weighted by Crippen LogP contribution is -2.32. The molecule has 0 unspecified atom stereocenters. The largest absolute Gasteiger partial charge is 0.497 e. The molecule has 1 aromatic heterocycles. The molecule has 120 valence electrons. The van der Waals surface area contributed by atoms with Crippen LogP contribution in [0.4, 0.5) is 0 Å². The van der Waals surface area contributed by atoms with Gasteiger partial charge in [-0.3, -0.25) is 4.79 Å². The molecule has 1 atom stereocenters. The number of carbonyl (C=O) groups excluding carboxylic acids is 1. The molecule has 1 heterocycles. The van der Waals surface area contributed by atoms with E-state index in [1.54, 1.807) is 7.11 Å². The van der Waals surface area contributed by atoms with Crippen LogP contribution in [0, 0.1) is 0 Å². The molecule has 0 aliphatic heterocycles. The third-order valence-corrected chi connectivity index (χ3v) is 4.92. The number of rotatable bonds is 4. The standard InChI is InChI=1S/C19H22N2O2/c1-23-15-9-10-16-13(12-15)4-2-5-17(16)20-19(22)18-6-3-11-21(18)14-7-8-14/h3,6,9-12,14,17H,2,4-5,7-8H2,1H3,(H,20,22)/t17-/m0/s1. The van der Waals surface area contributed by atoms with Crippen molar-refractivity contribution in [3.63, 3.8) is 0 Å². The van der Waals surface area contributed by atoms with Gasteiger partial charge in [0, 0.05) is 12.2 Å². The molecule has 23 heavy (non-hydrogen) atoms. The molecule has 0 radical (unpaired) electrons. The fraction of sp³-hybridized carbons (Fsp3) is 0.421. The molecule has 0 bridgehead atoms. The van der Waals surface area contributed by atoms with Crippen molar-refractivity contribution in [3.05, 3.63) is 53.3 Å². The minimum Gasteiger partial charge on any atom is -0.497 e. The van der Waals surface area contributed by atoms with Gasteiger partial charge < -0.3 is 14.6 Å². The summed E-state index contributed by atoms with van der Waals surface area (Å²) >= 11 is 0. The Hall–Kier alpha value is -2.23. The van der Waals surface area contributed by atoms with E-state index >= 15 is 0 Å². The summed E-state index contributed by atoms with van der Waals surface area (Å²) in [6.07, 6.45) is 7.52. The Kier molecular flexibility index (Phi) is 3.60. The van der Waals surface area contributed by atoms with Crippen molar-refractivity contribution in [2.45, 2.75) is 44.2 Å². The average molecular weight is 310 g/mol.